The van der Waals surface area contributed by atoms with Gasteiger partial charge in [-0.05, 0) is 12.5 Å². The highest BCUT2D eigenvalue weighted by molar-refractivity contribution is 6.38. The molecule has 1 aliphatic heterocycles. The highest BCUT2D eigenvalue weighted by atomic mass is 35.5. The van der Waals surface area contributed by atoms with Gasteiger partial charge < -0.3 is 10.0 Å². The second kappa shape index (κ2) is 7.60. The summed E-state index contributed by atoms with van der Waals surface area (Å²) in [6, 6.07) is 7.02. The molecule has 0 bridgehead atoms. The number of hydrogen-bond acceptors (Lipinski definition) is 4. The number of aromatic nitrogens is 1. The van der Waals surface area contributed by atoms with Gasteiger partial charge in [-0.3, -0.25) is 14.7 Å². The second-order valence-corrected chi connectivity index (χ2v) is 6.94. The van der Waals surface area contributed by atoms with E-state index in [0.29, 0.717) is 36.2 Å². The molecule has 2 aromatic rings. The van der Waals surface area contributed by atoms with Crippen molar-refractivity contribution in [1.82, 2.24) is 9.88 Å². The fourth-order valence-electron chi connectivity index (χ4n) is 3.26. The number of halogens is 2. The Bertz CT molecular complexity index is 756. The van der Waals surface area contributed by atoms with E-state index in [1.165, 1.54) is 0 Å². The predicted octanol–water partition coefficient (Wildman–Crippen LogP) is 3.64. The third-order valence-electron chi connectivity index (χ3n) is 4.42. The molecule has 1 fully saturated rings. The van der Waals surface area contributed by atoms with E-state index in [9.17, 15) is 9.90 Å². The molecular weight excluding hydrogens is 361 g/mol. The van der Waals surface area contributed by atoms with Crippen molar-refractivity contribution in [2.75, 3.05) is 31.1 Å². The quantitative estimate of drug-likeness (QED) is 0.878. The molecule has 0 aliphatic carbocycles. The van der Waals surface area contributed by atoms with E-state index in [2.05, 4.69) is 9.88 Å². The minimum Gasteiger partial charge on any atom is -0.480 e. The van der Waals surface area contributed by atoms with Crippen molar-refractivity contribution in [1.29, 1.82) is 0 Å². The maximum atomic E-state index is 11.9. The predicted molar refractivity (Wildman–Crippen MR) is 99.6 cm³/mol. The molecule has 1 N–H and O–H groups in total. The molecule has 1 aromatic heterocycles. The summed E-state index contributed by atoms with van der Waals surface area (Å²) in [6.07, 6.45) is 3.14. The van der Waals surface area contributed by atoms with Crippen LogP contribution in [0.5, 0.6) is 0 Å². The van der Waals surface area contributed by atoms with E-state index in [-0.39, 0.29) is 0 Å². The molecule has 132 valence electrons. The molecule has 3 rings (SSSR count). The van der Waals surface area contributed by atoms with Gasteiger partial charge in [-0.15, -0.1) is 0 Å². The molecule has 2 heterocycles. The summed E-state index contributed by atoms with van der Waals surface area (Å²) in [5.74, 6) is -0.834. The van der Waals surface area contributed by atoms with E-state index in [1.807, 2.05) is 36.1 Å². The van der Waals surface area contributed by atoms with Crippen molar-refractivity contribution in [3.05, 3.63) is 57.8 Å². The van der Waals surface area contributed by atoms with Gasteiger partial charge in [0.05, 0.1) is 15.7 Å². The molecule has 5 nitrogen and oxygen atoms in total. The first-order chi connectivity index (χ1) is 12.0. The zero-order valence-electron chi connectivity index (χ0n) is 13.8. The lowest BCUT2D eigenvalue weighted by Gasteiger charge is -2.39. The van der Waals surface area contributed by atoms with E-state index < -0.39 is 12.0 Å². The van der Waals surface area contributed by atoms with Gasteiger partial charge in [0.2, 0.25) is 0 Å². The Morgan fingerprint density at radius 1 is 1.16 bits per heavy atom. The van der Waals surface area contributed by atoms with Crippen LogP contribution in [-0.2, 0) is 4.79 Å². The molecule has 0 spiro atoms. The monoisotopic (exact) mass is 379 g/mol. The van der Waals surface area contributed by atoms with E-state index in [1.54, 1.807) is 12.4 Å². The van der Waals surface area contributed by atoms with Crippen molar-refractivity contribution < 1.29 is 9.90 Å². The number of pyridine rings is 1. The summed E-state index contributed by atoms with van der Waals surface area (Å²) in [5.41, 5.74) is 2.62. The Labute approximate surface area is 156 Å². The Balaban J connectivity index is 1.77. The average Bonchev–Trinajstić information content (AvgIpc) is 2.56. The maximum Gasteiger partial charge on any atom is 0.325 e. The number of anilines is 1. The molecule has 0 radical (unpaired) electrons. The average molecular weight is 380 g/mol. The largest absolute Gasteiger partial charge is 0.480 e. The van der Waals surface area contributed by atoms with Crippen molar-refractivity contribution in [2.45, 2.75) is 13.0 Å². The molecular formula is C18H19Cl2N3O2. The summed E-state index contributed by atoms with van der Waals surface area (Å²) in [6.45, 7) is 4.49. The zero-order valence-corrected chi connectivity index (χ0v) is 15.3. The van der Waals surface area contributed by atoms with Crippen molar-refractivity contribution >= 4 is 34.9 Å². The molecule has 25 heavy (non-hydrogen) atoms. The SMILES string of the molecule is Cc1cccc(C(C(=O)O)N2CCN(c3c(Cl)cncc3Cl)CC2)c1. The first-order valence-corrected chi connectivity index (χ1v) is 8.80. The number of carbonyl (C=O) groups is 1. The Hall–Kier alpha value is -1.82. The van der Waals surface area contributed by atoms with Crippen LogP contribution in [0, 0.1) is 6.92 Å². The van der Waals surface area contributed by atoms with Gasteiger partial charge in [-0.2, -0.15) is 0 Å². The molecule has 7 heteroatoms. The molecule has 1 atom stereocenters. The minimum absolute atomic E-state index is 0.509. The Morgan fingerprint density at radius 3 is 2.36 bits per heavy atom. The van der Waals surface area contributed by atoms with Crippen LogP contribution in [0.3, 0.4) is 0 Å². The van der Waals surface area contributed by atoms with Crippen LogP contribution in [0.2, 0.25) is 10.0 Å². The topological polar surface area (TPSA) is 56.7 Å². The van der Waals surface area contributed by atoms with E-state index >= 15 is 0 Å². The summed E-state index contributed by atoms with van der Waals surface area (Å²) in [7, 11) is 0. The first-order valence-electron chi connectivity index (χ1n) is 8.04. The number of rotatable bonds is 4. The fraction of sp³-hybridized carbons (Fsp3) is 0.333. The summed E-state index contributed by atoms with van der Waals surface area (Å²) >= 11 is 12.5. The van der Waals surface area contributed by atoms with Crippen LogP contribution in [0.4, 0.5) is 5.69 Å². The van der Waals surface area contributed by atoms with Crippen molar-refractivity contribution in [2.24, 2.45) is 0 Å². The highest BCUT2D eigenvalue weighted by Crippen LogP contribution is 2.34. The third kappa shape index (κ3) is 3.89. The van der Waals surface area contributed by atoms with Crippen LogP contribution < -0.4 is 4.90 Å². The van der Waals surface area contributed by atoms with E-state index in [0.717, 1.165) is 16.8 Å². The van der Waals surface area contributed by atoms with Crippen LogP contribution in [0.1, 0.15) is 17.2 Å². The van der Waals surface area contributed by atoms with Crippen LogP contribution in [0.15, 0.2) is 36.7 Å². The van der Waals surface area contributed by atoms with Gasteiger partial charge in [-0.1, -0.05) is 53.0 Å². The van der Waals surface area contributed by atoms with Crippen molar-refractivity contribution in [3.63, 3.8) is 0 Å². The fourth-order valence-corrected chi connectivity index (χ4v) is 3.86. The third-order valence-corrected chi connectivity index (χ3v) is 4.97. The standard InChI is InChI=1S/C18H19Cl2N3O2/c1-12-3-2-4-13(9-12)16(18(24)25)22-5-7-23(8-6-22)17-14(19)10-21-11-15(17)20/h2-4,9-11,16H,5-8H2,1H3,(H,24,25). The van der Waals surface area contributed by atoms with Gasteiger partial charge in [0, 0.05) is 38.6 Å². The molecule has 0 saturated carbocycles. The van der Waals surface area contributed by atoms with Gasteiger partial charge in [0.15, 0.2) is 0 Å². The first kappa shape index (κ1) is 18.0. The van der Waals surface area contributed by atoms with Crippen LogP contribution in [-0.4, -0.2) is 47.1 Å². The molecule has 1 aliphatic rings. The Morgan fingerprint density at radius 2 is 1.80 bits per heavy atom. The molecule has 1 unspecified atom stereocenters. The summed E-state index contributed by atoms with van der Waals surface area (Å²) in [4.78, 5) is 19.9. The van der Waals surface area contributed by atoms with Gasteiger partial charge in [0.25, 0.3) is 0 Å². The summed E-state index contributed by atoms with van der Waals surface area (Å²) in [5, 5.41) is 10.8. The highest BCUT2D eigenvalue weighted by Gasteiger charge is 2.31. The molecule has 1 aromatic carbocycles. The number of benzene rings is 1. The van der Waals surface area contributed by atoms with Gasteiger partial charge in [0.1, 0.15) is 6.04 Å². The number of aryl methyl sites for hydroxylation is 1. The minimum atomic E-state index is -0.834. The smallest absolute Gasteiger partial charge is 0.325 e. The lowest BCUT2D eigenvalue weighted by Crippen LogP contribution is -2.49. The number of carboxylic acid groups (broad SMARTS) is 1. The zero-order chi connectivity index (χ0) is 18.0. The van der Waals surface area contributed by atoms with Gasteiger partial charge >= 0.3 is 5.97 Å². The lowest BCUT2D eigenvalue weighted by molar-refractivity contribution is -0.143. The molecule has 0 amide bonds. The number of carboxylic acids is 1. The Kier molecular flexibility index (Phi) is 5.47. The number of piperazine rings is 1. The van der Waals surface area contributed by atoms with Crippen LogP contribution >= 0.6 is 23.2 Å². The van der Waals surface area contributed by atoms with Crippen molar-refractivity contribution in [3.8, 4) is 0 Å². The molecule has 1 saturated heterocycles. The second-order valence-electron chi connectivity index (χ2n) is 6.13. The lowest BCUT2D eigenvalue weighted by atomic mass is 10.0. The normalized spacial score (nSPS) is 16.7. The summed E-state index contributed by atoms with van der Waals surface area (Å²) < 4.78 is 0. The van der Waals surface area contributed by atoms with Gasteiger partial charge in [-0.25, -0.2) is 0 Å². The number of hydrogen-bond donors (Lipinski definition) is 1. The maximum absolute atomic E-state index is 11.9. The van der Waals surface area contributed by atoms with E-state index in [4.69, 9.17) is 23.2 Å². The number of aliphatic carboxylic acids is 1. The van der Waals surface area contributed by atoms with Crippen LogP contribution in [0.25, 0.3) is 0 Å². The number of nitrogens with zero attached hydrogens (tertiary/aromatic N) is 3.